The largest absolute Gasteiger partial charge is 0.388 e. The van der Waals surface area contributed by atoms with E-state index < -0.39 is 0 Å². The third-order valence-electron chi connectivity index (χ3n) is 5.16. The molecule has 1 saturated carbocycles. The lowest BCUT2D eigenvalue weighted by molar-refractivity contribution is 0.0901. The summed E-state index contributed by atoms with van der Waals surface area (Å²) in [5.41, 5.74) is 2.88. The van der Waals surface area contributed by atoms with Crippen LogP contribution in [-0.2, 0) is 0 Å². The maximum atomic E-state index is 11.0. The van der Waals surface area contributed by atoms with Crippen LogP contribution >= 0.6 is 0 Å². The van der Waals surface area contributed by atoms with Crippen molar-refractivity contribution in [2.75, 3.05) is 0 Å². The Morgan fingerprint density at radius 1 is 1.14 bits per heavy atom. The van der Waals surface area contributed by atoms with Crippen LogP contribution in [0.4, 0.5) is 0 Å². The van der Waals surface area contributed by atoms with Gasteiger partial charge in [0.15, 0.2) is 0 Å². The molecule has 1 N–H and O–H groups in total. The van der Waals surface area contributed by atoms with Crippen molar-refractivity contribution in [3.8, 4) is 0 Å². The summed E-state index contributed by atoms with van der Waals surface area (Å²) in [6.07, 6.45) is 7.20. The molecule has 21 heavy (non-hydrogen) atoms. The van der Waals surface area contributed by atoms with Crippen molar-refractivity contribution in [3.05, 3.63) is 47.5 Å². The monoisotopic (exact) mass is 284 g/mol. The average molecular weight is 284 g/mol. The van der Waals surface area contributed by atoms with E-state index in [9.17, 15) is 5.11 Å². The van der Waals surface area contributed by atoms with E-state index in [2.05, 4.69) is 39.0 Å². The van der Waals surface area contributed by atoms with Crippen LogP contribution in [-0.4, -0.2) is 5.11 Å². The maximum Gasteiger partial charge on any atom is 0.0858 e. The average Bonchev–Trinajstić information content (AvgIpc) is 2.97. The predicted octanol–water partition coefficient (Wildman–Crippen LogP) is 5.13. The summed E-state index contributed by atoms with van der Waals surface area (Å²) in [5.74, 6) is 1.71. The van der Waals surface area contributed by atoms with Gasteiger partial charge in [-0.3, -0.25) is 0 Å². The molecule has 0 heterocycles. The van der Waals surface area contributed by atoms with Gasteiger partial charge in [-0.1, -0.05) is 69.2 Å². The van der Waals surface area contributed by atoms with Gasteiger partial charge in [-0.15, -0.1) is 0 Å². The van der Waals surface area contributed by atoms with E-state index in [1.807, 2.05) is 18.2 Å². The van der Waals surface area contributed by atoms with Gasteiger partial charge in [-0.05, 0) is 42.1 Å². The Labute approximate surface area is 129 Å². The highest BCUT2D eigenvalue weighted by Crippen LogP contribution is 2.53. The minimum Gasteiger partial charge on any atom is -0.388 e. The Bertz CT molecular complexity index is 508. The highest BCUT2D eigenvalue weighted by Gasteiger charge is 2.44. The Hall–Kier alpha value is -1.08. The zero-order chi connectivity index (χ0) is 15.0. The molecular weight excluding hydrogens is 256 g/mol. The maximum absolute atomic E-state index is 11.0. The number of fused-ring (bicyclic) bond motifs is 1. The molecule has 1 unspecified atom stereocenters. The SMILES string of the molecule is CC(C)(C)CC1=C[C@H]2CCC[C@H]2[C@@H]1C(O)c1ccccc1. The molecule has 114 valence electrons. The van der Waals surface area contributed by atoms with Gasteiger partial charge in [-0.25, -0.2) is 0 Å². The summed E-state index contributed by atoms with van der Waals surface area (Å²) < 4.78 is 0. The molecular formula is C20H28O. The molecule has 2 aliphatic carbocycles. The van der Waals surface area contributed by atoms with Crippen molar-refractivity contribution >= 4 is 0 Å². The smallest absolute Gasteiger partial charge is 0.0858 e. The fourth-order valence-corrected chi connectivity index (χ4v) is 4.41. The minimum atomic E-state index is -0.340. The molecule has 0 amide bonds. The van der Waals surface area contributed by atoms with E-state index in [4.69, 9.17) is 0 Å². The Balaban J connectivity index is 1.88. The van der Waals surface area contributed by atoms with Crippen molar-refractivity contribution in [3.63, 3.8) is 0 Å². The number of rotatable bonds is 3. The summed E-state index contributed by atoms with van der Waals surface area (Å²) in [6, 6.07) is 10.2. The quantitative estimate of drug-likeness (QED) is 0.763. The van der Waals surface area contributed by atoms with E-state index in [1.54, 1.807) is 0 Å². The predicted molar refractivity (Wildman–Crippen MR) is 87.9 cm³/mol. The normalized spacial score (nSPS) is 30.1. The fraction of sp³-hybridized carbons (Fsp3) is 0.600. The first-order valence-electron chi connectivity index (χ1n) is 8.39. The van der Waals surface area contributed by atoms with Crippen LogP contribution in [0.2, 0.25) is 0 Å². The van der Waals surface area contributed by atoms with Crippen molar-refractivity contribution in [1.82, 2.24) is 0 Å². The molecule has 0 radical (unpaired) electrons. The lowest BCUT2D eigenvalue weighted by Gasteiger charge is -2.31. The second kappa shape index (κ2) is 5.61. The molecule has 3 rings (SSSR count). The Morgan fingerprint density at radius 3 is 2.52 bits per heavy atom. The van der Waals surface area contributed by atoms with E-state index >= 15 is 0 Å². The summed E-state index contributed by atoms with van der Waals surface area (Å²) in [4.78, 5) is 0. The van der Waals surface area contributed by atoms with Gasteiger partial charge in [0.2, 0.25) is 0 Å². The van der Waals surface area contributed by atoms with Gasteiger partial charge in [0, 0.05) is 5.92 Å². The summed E-state index contributed by atoms with van der Waals surface area (Å²) in [7, 11) is 0. The van der Waals surface area contributed by atoms with Crippen LogP contribution in [0.1, 0.15) is 58.1 Å². The number of aliphatic hydroxyl groups excluding tert-OH is 1. The van der Waals surface area contributed by atoms with Gasteiger partial charge >= 0.3 is 0 Å². The number of hydrogen-bond donors (Lipinski definition) is 1. The van der Waals surface area contributed by atoms with Crippen molar-refractivity contribution < 1.29 is 5.11 Å². The first-order valence-corrected chi connectivity index (χ1v) is 8.39. The first kappa shape index (κ1) is 14.8. The highest BCUT2D eigenvalue weighted by atomic mass is 16.3. The lowest BCUT2D eigenvalue weighted by Crippen LogP contribution is -2.23. The molecule has 1 nitrogen and oxygen atoms in total. The van der Waals surface area contributed by atoms with Gasteiger partial charge in [0.25, 0.3) is 0 Å². The third kappa shape index (κ3) is 3.08. The molecule has 0 bridgehead atoms. The van der Waals surface area contributed by atoms with E-state index in [-0.39, 0.29) is 6.10 Å². The Morgan fingerprint density at radius 2 is 1.86 bits per heavy atom. The van der Waals surface area contributed by atoms with Gasteiger partial charge < -0.3 is 5.11 Å². The first-order chi connectivity index (χ1) is 9.96. The fourth-order valence-electron chi connectivity index (χ4n) is 4.41. The number of aliphatic hydroxyl groups is 1. The van der Waals surface area contributed by atoms with Crippen molar-refractivity contribution in [2.24, 2.45) is 23.2 Å². The molecule has 0 aliphatic heterocycles. The van der Waals surface area contributed by atoms with Crippen LogP contribution in [0.5, 0.6) is 0 Å². The minimum absolute atomic E-state index is 0.291. The zero-order valence-electron chi connectivity index (χ0n) is 13.5. The third-order valence-corrected chi connectivity index (χ3v) is 5.16. The van der Waals surface area contributed by atoms with Crippen molar-refractivity contribution in [1.29, 1.82) is 0 Å². The summed E-state index contributed by atoms with van der Waals surface area (Å²) in [6.45, 7) is 6.90. The standard InChI is InChI=1S/C20H28O/c1-20(2,3)13-16-12-15-10-7-11-17(15)18(16)19(21)14-8-5-4-6-9-14/h4-6,8-9,12,15,17-19,21H,7,10-11,13H2,1-3H3/t15-,17-,18-,19?/m1/s1. The second-order valence-electron chi connectivity index (χ2n) is 8.12. The molecule has 1 fully saturated rings. The molecule has 1 aromatic carbocycles. The highest BCUT2D eigenvalue weighted by molar-refractivity contribution is 5.28. The van der Waals surface area contributed by atoms with E-state index in [1.165, 1.54) is 24.8 Å². The van der Waals surface area contributed by atoms with E-state index in [0.717, 1.165) is 12.0 Å². The van der Waals surface area contributed by atoms with E-state index in [0.29, 0.717) is 23.2 Å². The Kier molecular flexibility index (Phi) is 3.96. The molecule has 2 aliphatic rings. The summed E-state index contributed by atoms with van der Waals surface area (Å²) in [5, 5.41) is 11.0. The van der Waals surface area contributed by atoms with Gasteiger partial charge in [-0.2, -0.15) is 0 Å². The lowest BCUT2D eigenvalue weighted by atomic mass is 9.76. The van der Waals surface area contributed by atoms with Crippen LogP contribution in [0.15, 0.2) is 42.0 Å². The van der Waals surface area contributed by atoms with Crippen LogP contribution in [0, 0.1) is 23.2 Å². The molecule has 0 aromatic heterocycles. The molecule has 1 aromatic rings. The molecule has 0 spiro atoms. The van der Waals surface area contributed by atoms with Crippen LogP contribution < -0.4 is 0 Å². The second-order valence-corrected chi connectivity index (χ2v) is 8.12. The van der Waals surface area contributed by atoms with Gasteiger partial charge in [0.1, 0.15) is 0 Å². The molecule has 0 saturated heterocycles. The molecule has 4 atom stereocenters. The zero-order valence-corrected chi connectivity index (χ0v) is 13.5. The van der Waals surface area contributed by atoms with Crippen molar-refractivity contribution in [2.45, 2.75) is 52.6 Å². The number of benzene rings is 1. The number of hydrogen-bond acceptors (Lipinski definition) is 1. The summed E-state index contributed by atoms with van der Waals surface area (Å²) >= 11 is 0. The number of allylic oxidation sites excluding steroid dienone is 1. The molecule has 1 heteroatoms. The van der Waals surface area contributed by atoms with Crippen LogP contribution in [0.3, 0.4) is 0 Å². The topological polar surface area (TPSA) is 20.2 Å². The van der Waals surface area contributed by atoms with Crippen LogP contribution in [0.25, 0.3) is 0 Å². The van der Waals surface area contributed by atoms with Gasteiger partial charge in [0.05, 0.1) is 6.10 Å².